The van der Waals surface area contributed by atoms with E-state index in [-0.39, 0.29) is 16.9 Å². The van der Waals surface area contributed by atoms with Crippen LogP contribution in [-0.2, 0) is 6.54 Å². The van der Waals surface area contributed by atoms with Crippen LogP contribution < -0.4 is 15.8 Å². The normalized spacial score (nSPS) is 10.2. The summed E-state index contributed by atoms with van der Waals surface area (Å²) in [4.78, 5) is 14.9. The Morgan fingerprint density at radius 3 is 2.90 bits per heavy atom. The molecule has 0 aliphatic heterocycles. The third kappa shape index (κ3) is 3.38. The minimum absolute atomic E-state index is 0.0670. The minimum atomic E-state index is -1.21. The molecule has 0 bridgehead atoms. The lowest BCUT2D eigenvalue weighted by Crippen LogP contribution is -2.07. The first-order chi connectivity index (χ1) is 10.0. The van der Waals surface area contributed by atoms with Gasteiger partial charge in [-0.15, -0.1) is 0 Å². The molecular weight excluding hydrogens is 277 g/mol. The number of nitrogens with zero attached hydrogens (tertiary/aromatic N) is 1. The molecule has 0 spiro atoms. The molecule has 0 fully saturated rings. The van der Waals surface area contributed by atoms with E-state index in [0.717, 1.165) is 11.6 Å². The number of carboxylic acid groups (broad SMARTS) is 1. The molecule has 21 heavy (non-hydrogen) atoms. The number of nitrogens with two attached hydrogens (primary N) is 1. The van der Waals surface area contributed by atoms with Crippen molar-refractivity contribution in [3.63, 3.8) is 0 Å². The number of pyridine rings is 1. The molecule has 1 aromatic carbocycles. The van der Waals surface area contributed by atoms with Gasteiger partial charge in [-0.05, 0) is 23.8 Å². The van der Waals surface area contributed by atoms with Crippen LogP contribution in [-0.4, -0.2) is 23.2 Å². The van der Waals surface area contributed by atoms with E-state index in [0.29, 0.717) is 12.4 Å². The Kier molecular flexibility index (Phi) is 4.22. The number of nitrogens with one attached hydrogen (secondary N) is 1. The third-order valence-corrected chi connectivity index (χ3v) is 2.86. The van der Waals surface area contributed by atoms with Crippen molar-refractivity contribution < 1.29 is 19.0 Å². The van der Waals surface area contributed by atoms with E-state index < -0.39 is 11.8 Å². The zero-order chi connectivity index (χ0) is 15.4. The average molecular weight is 291 g/mol. The Morgan fingerprint density at radius 2 is 2.24 bits per heavy atom. The quantitative estimate of drug-likeness (QED) is 0.730. The second-order valence-corrected chi connectivity index (χ2v) is 4.28. The number of carboxylic acids is 1. The second kappa shape index (κ2) is 6.08. The highest BCUT2D eigenvalue weighted by molar-refractivity contribution is 5.94. The summed E-state index contributed by atoms with van der Waals surface area (Å²) in [7, 11) is 1.50. The van der Waals surface area contributed by atoms with Gasteiger partial charge >= 0.3 is 5.97 Å². The van der Waals surface area contributed by atoms with Gasteiger partial charge in [0, 0.05) is 24.5 Å². The van der Waals surface area contributed by atoms with Gasteiger partial charge in [-0.1, -0.05) is 0 Å². The molecule has 0 aliphatic carbocycles. The highest BCUT2D eigenvalue weighted by Gasteiger charge is 2.13. The number of aromatic nitrogens is 1. The van der Waals surface area contributed by atoms with Crippen molar-refractivity contribution in [3.8, 4) is 5.88 Å². The molecule has 1 heterocycles. The molecule has 0 amide bonds. The molecule has 110 valence electrons. The number of hydrogen-bond donors (Lipinski definition) is 3. The summed E-state index contributed by atoms with van der Waals surface area (Å²) in [5.41, 5.74) is 6.08. The van der Waals surface area contributed by atoms with Crippen LogP contribution in [0.4, 0.5) is 15.8 Å². The zero-order valence-corrected chi connectivity index (χ0v) is 11.3. The lowest BCUT2D eigenvalue weighted by molar-refractivity contribution is 0.0698. The first-order valence-electron chi connectivity index (χ1n) is 6.06. The number of ether oxygens (including phenoxy) is 1. The van der Waals surface area contributed by atoms with Gasteiger partial charge in [-0.2, -0.15) is 0 Å². The molecule has 7 heteroatoms. The number of carbonyl (C=O) groups is 1. The van der Waals surface area contributed by atoms with Crippen LogP contribution in [0, 0.1) is 5.82 Å². The molecule has 0 radical (unpaired) electrons. The maximum Gasteiger partial charge on any atom is 0.337 e. The number of benzene rings is 1. The molecular formula is C14H14FN3O3. The van der Waals surface area contributed by atoms with Gasteiger partial charge in [-0.25, -0.2) is 14.2 Å². The van der Waals surface area contributed by atoms with Crippen LogP contribution in [0.2, 0.25) is 0 Å². The highest BCUT2D eigenvalue weighted by atomic mass is 19.1. The summed E-state index contributed by atoms with van der Waals surface area (Å²) < 4.78 is 18.8. The summed E-state index contributed by atoms with van der Waals surface area (Å²) in [5.74, 6) is -1.38. The van der Waals surface area contributed by atoms with Gasteiger partial charge in [-0.3, -0.25) is 0 Å². The van der Waals surface area contributed by atoms with Crippen molar-refractivity contribution in [1.82, 2.24) is 4.98 Å². The Hall–Kier alpha value is -2.83. The first kappa shape index (κ1) is 14.6. The number of methoxy groups -OCH3 is 1. The van der Waals surface area contributed by atoms with E-state index in [1.54, 1.807) is 18.3 Å². The smallest absolute Gasteiger partial charge is 0.337 e. The number of hydrogen-bond acceptors (Lipinski definition) is 5. The predicted molar refractivity (Wildman–Crippen MR) is 75.9 cm³/mol. The maximum absolute atomic E-state index is 13.8. The van der Waals surface area contributed by atoms with Crippen molar-refractivity contribution in [2.45, 2.75) is 6.54 Å². The molecule has 0 atom stereocenters. The summed E-state index contributed by atoms with van der Waals surface area (Å²) >= 11 is 0. The number of rotatable bonds is 5. The standard InChI is InChI=1S/C14H14FN3O3/c1-21-13-4-8(2-3-17-13)7-18-12-5-9(14(19)20)11(16)6-10(12)15/h2-6,18H,7,16H2,1H3,(H,19,20). The first-order valence-corrected chi connectivity index (χ1v) is 6.06. The van der Waals surface area contributed by atoms with E-state index in [1.807, 2.05) is 0 Å². The van der Waals surface area contributed by atoms with Crippen LogP contribution in [0.1, 0.15) is 15.9 Å². The predicted octanol–water partition coefficient (Wildman–Crippen LogP) is 2.12. The molecule has 4 N–H and O–H groups in total. The molecule has 0 aliphatic rings. The Balaban J connectivity index is 2.19. The van der Waals surface area contributed by atoms with Crippen LogP contribution in [0.25, 0.3) is 0 Å². The molecule has 0 saturated heterocycles. The molecule has 6 nitrogen and oxygen atoms in total. The van der Waals surface area contributed by atoms with Crippen molar-refractivity contribution in [2.75, 3.05) is 18.2 Å². The largest absolute Gasteiger partial charge is 0.481 e. The van der Waals surface area contributed by atoms with Crippen LogP contribution in [0.15, 0.2) is 30.5 Å². The van der Waals surface area contributed by atoms with Gasteiger partial charge in [0.1, 0.15) is 5.82 Å². The number of aromatic carboxylic acids is 1. The lowest BCUT2D eigenvalue weighted by atomic mass is 10.1. The van der Waals surface area contributed by atoms with Gasteiger partial charge in [0.05, 0.1) is 18.4 Å². The van der Waals surface area contributed by atoms with E-state index >= 15 is 0 Å². The molecule has 0 saturated carbocycles. The SMILES string of the molecule is COc1cc(CNc2cc(C(=O)O)c(N)cc2F)ccn1. The molecule has 2 rings (SSSR count). The van der Waals surface area contributed by atoms with Crippen molar-refractivity contribution >= 4 is 17.3 Å². The van der Waals surface area contributed by atoms with Crippen molar-refractivity contribution in [3.05, 3.63) is 47.4 Å². The third-order valence-electron chi connectivity index (χ3n) is 2.86. The van der Waals surface area contributed by atoms with Crippen LogP contribution in [0.3, 0.4) is 0 Å². The average Bonchev–Trinajstić information content (AvgIpc) is 2.46. The van der Waals surface area contributed by atoms with Crippen molar-refractivity contribution in [1.29, 1.82) is 0 Å². The molecule has 2 aromatic rings. The Bertz CT molecular complexity index is 677. The fraction of sp³-hybridized carbons (Fsp3) is 0.143. The number of anilines is 2. The zero-order valence-electron chi connectivity index (χ0n) is 11.3. The molecule has 1 aromatic heterocycles. The van der Waals surface area contributed by atoms with Crippen molar-refractivity contribution in [2.24, 2.45) is 0 Å². The second-order valence-electron chi connectivity index (χ2n) is 4.28. The topological polar surface area (TPSA) is 97.5 Å². The summed E-state index contributed by atoms with van der Waals surface area (Å²) in [6.07, 6.45) is 1.57. The minimum Gasteiger partial charge on any atom is -0.481 e. The fourth-order valence-electron chi connectivity index (χ4n) is 1.78. The van der Waals surface area contributed by atoms with Gasteiger partial charge in [0.2, 0.25) is 5.88 Å². The van der Waals surface area contributed by atoms with Gasteiger partial charge in [0.15, 0.2) is 0 Å². The highest BCUT2D eigenvalue weighted by Crippen LogP contribution is 2.23. The lowest BCUT2D eigenvalue weighted by Gasteiger charge is -2.10. The maximum atomic E-state index is 13.8. The van der Waals surface area contributed by atoms with E-state index in [9.17, 15) is 9.18 Å². The summed E-state index contributed by atoms with van der Waals surface area (Å²) in [6.45, 7) is 0.290. The number of nitrogen functional groups attached to an aromatic ring is 1. The summed E-state index contributed by atoms with van der Waals surface area (Å²) in [6, 6.07) is 5.59. The van der Waals surface area contributed by atoms with E-state index in [4.69, 9.17) is 15.6 Å². The Morgan fingerprint density at radius 1 is 1.48 bits per heavy atom. The van der Waals surface area contributed by atoms with Crippen LogP contribution in [0.5, 0.6) is 5.88 Å². The van der Waals surface area contributed by atoms with Gasteiger partial charge in [0.25, 0.3) is 0 Å². The number of halogens is 1. The summed E-state index contributed by atoms with van der Waals surface area (Å²) in [5, 5.41) is 11.8. The van der Waals surface area contributed by atoms with E-state index in [2.05, 4.69) is 10.3 Å². The fourth-order valence-corrected chi connectivity index (χ4v) is 1.78. The Labute approximate surface area is 120 Å². The molecule has 0 unspecified atom stereocenters. The van der Waals surface area contributed by atoms with Crippen LogP contribution >= 0.6 is 0 Å². The van der Waals surface area contributed by atoms with E-state index in [1.165, 1.54) is 13.2 Å². The monoisotopic (exact) mass is 291 g/mol. The van der Waals surface area contributed by atoms with Gasteiger partial charge < -0.3 is 20.9 Å².